The summed E-state index contributed by atoms with van der Waals surface area (Å²) >= 11 is 0. The maximum atomic E-state index is 12.3. The Labute approximate surface area is 143 Å². The molecule has 0 bridgehead atoms. The Kier molecular flexibility index (Phi) is 5.30. The average Bonchev–Trinajstić information content (AvgIpc) is 2.98. The second-order valence-electron chi connectivity index (χ2n) is 6.73. The van der Waals surface area contributed by atoms with Crippen LogP contribution in [0.25, 0.3) is 0 Å². The lowest BCUT2D eigenvalue weighted by molar-refractivity contribution is -0.121. The van der Waals surface area contributed by atoms with E-state index in [2.05, 4.69) is 46.9 Å². The number of hydrogen-bond donors (Lipinski definition) is 2. The van der Waals surface area contributed by atoms with Gasteiger partial charge in [-0.3, -0.25) is 9.48 Å². The molecule has 1 aromatic heterocycles. The molecule has 1 aliphatic rings. The first-order valence-corrected chi connectivity index (χ1v) is 8.71. The van der Waals surface area contributed by atoms with E-state index in [1.54, 1.807) is 0 Å². The minimum Gasteiger partial charge on any atom is -0.348 e. The van der Waals surface area contributed by atoms with Crippen LogP contribution in [-0.2, 0) is 17.8 Å². The number of carbonyl (C=O) groups excluding carboxylic acids is 1. The number of aromatic nitrogens is 2. The third kappa shape index (κ3) is 4.23. The summed E-state index contributed by atoms with van der Waals surface area (Å²) in [5, 5.41) is 10.7. The molecule has 1 amide bonds. The van der Waals surface area contributed by atoms with Gasteiger partial charge in [0.05, 0.1) is 25.3 Å². The third-order valence-electron chi connectivity index (χ3n) is 4.54. The zero-order valence-corrected chi connectivity index (χ0v) is 14.5. The maximum absolute atomic E-state index is 12.3. The van der Waals surface area contributed by atoms with Gasteiger partial charge in [-0.05, 0) is 49.8 Å². The molecule has 0 fully saturated rings. The number of carbonyl (C=O) groups is 1. The van der Waals surface area contributed by atoms with Crippen LogP contribution in [0.5, 0.6) is 0 Å². The summed E-state index contributed by atoms with van der Waals surface area (Å²) in [6, 6.07) is 8.76. The van der Waals surface area contributed by atoms with E-state index in [-0.39, 0.29) is 18.0 Å². The lowest BCUT2D eigenvalue weighted by Crippen LogP contribution is -2.41. The van der Waals surface area contributed by atoms with Gasteiger partial charge in [-0.1, -0.05) is 24.3 Å². The van der Waals surface area contributed by atoms with Gasteiger partial charge in [-0.15, -0.1) is 0 Å². The number of aryl methyl sites for hydroxylation is 2. The highest BCUT2D eigenvalue weighted by Crippen LogP contribution is 2.29. The van der Waals surface area contributed by atoms with Crippen molar-refractivity contribution in [2.75, 3.05) is 6.54 Å². The first kappa shape index (κ1) is 16.7. The fourth-order valence-corrected chi connectivity index (χ4v) is 3.33. The van der Waals surface area contributed by atoms with Crippen molar-refractivity contribution in [2.24, 2.45) is 0 Å². The van der Waals surface area contributed by atoms with Crippen LogP contribution in [0.1, 0.15) is 42.5 Å². The van der Waals surface area contributed by atoms with E-state index in [0.717, 1.165) is 31.4 Å². The van der Waals surface area contributed by atoms with Crippen LogP contribution in [0.15, 0.2) is 36.7 Å². The molecule has 5 heteroatoms. The molecule has 0 spiro atoms. The minimum atomic E-state index is 0.0557. The van der Waals surface area contributed by atoms with Gasteiger partial charge in [0.1, 0.15) is 0 Å². The second kappa shape index (κ2) is 7.62. The summed E-state index contributed by atoms with van der Waals surface area (Å²) in [7, 11) is 0. The summed E-state index contributed by atoms with van der Waals surface area (Å²) in [5.74, 6) is 0.0557. The zero-order chi connectivity index (χ0) is 16.9. The molecule has 1 heterocycles. The third-order valence-corrected chi connectivity index (χ3v) is 4.54. The molecule has 5 nitrogen and oxygen atoms in total. The lowest BCUT2D eigenvalue weighted by atomic mass is 9.88. The van der Waals surface area contributed by atoms with Crippen molar-refractivity contribution in [3.8, 4) is 0 Å². The molecule has 128 valence electrons. The van der Waals surface area contributed by atoms with E-state index < -0.39 is 0 Å². The number of hydrogen-bond acceptors (Lipinski definition) is 3. The van der Waals surface area contributed by atoms with Crippen LogP contribution in [0, 0.1) is 6.92 Å². The molecule has 24 heavy (non-hydrogen) atoms. The molecule has 1 aromatic carbocycles. The molecule has 0 aliphatic heterocycles. The number of nitrogens with one attached hydrogen (secondary N) is 2. The second-order valence-corrected chi connectivity index (χ2v) is 6.73. The maximum Gasteiger partial charge on any atom is 0.234 e. The molecule has 2 atom stereocenters. The van der Waals surface area contributed by atoms with E-state index in [0.29, 0.717) is 6.54 Å². The SMILES string of the molecule is Cc1cnn(C[C@@H](C)NCC(=O)N[C@H]2CCCc3ccccc32)c1. The van der Waals surface area contributed by atoms with Crippen molar-refractivity contribution in [3.05, 3.63) is 53.3 Å². The minimum absolute atomic E-state index is 0.0557. The van der Waals surface area contributed by atoms with Crippen molar-refractivity contribution in [3.63, 3.8) is 0 Å². The summed E-state index contributed by atoms with van der Waals surface area (Å²) in [6.45, 7) is 5.19. The standard InChI is InChI=1S/C19H26N4O/c1-14-10-21-23(12-14)13-15(2)20-11-19(24)22-18-9-5-7-16-6-3-4-8-17(16)18/h3-4,6,8,10,12,15,18,20H,5,7,9,11,13H2,1-2H3,(H,22,24)/t15-,18+/m1/s1. The van der Waals surface area contributed by atoms with Gasteiger partial charge in [-0.25, -0.2) is 0 Å². The van der Waals surface area contributed by atoms with E-state index in [1.807, 2.05) is 24.0 Å². The van der Waals surface area contributed by atoms with Crippen LogP contribution in [0.2, 0.25) is 0 Å². The smallest absolute Gasteiger partial charge is 0.234 e. The van der Waals surface area contributed by atoms with Crippen molar-refractivity contribution < 1.29 is 4.79 Å². The van der Waals surface area contributed by atoms with Crippen LogP contribution in [0.3, 0.4) is 0 Å². The number of nitrogens with zero attached hydrogens (tertiary/aromatic N) is 2. The van der Waals surface area contributed by atoms with E-state index in [4.69, 9.17) is 0 Å². The van der Waals surface area contributed by atoms with Crippen molar-refractivity contribution in [1.29, 1.82) is 0 Å². The van der Waals surface area contributed by atoms with Crippen LogP contribution < -0.4 is 10.6 Å². The molecule has 0 unspecified atom stereocenters. The summed E-state index contributed by atoms with van der Waals surface area (Å²) in [4.78, 5) is 12.3. The Balaban J connectivity index is 1.48. The Morgan fingerprint density at radius 1 is 1.42 bits per heavy atom. The molecule has 0 radical (unpaired) electrons. The van der Waals surface area contributed by atoms with E-state index in [1.165, 1.54) is 11.1 Å². The highest BCUT2D eigenvalue weighted by atomic mass is 16.2. The van der Waals surface area contributed by atoms with Gasteiger partial charge in [-0.2, -0.15) is 5.10 Å². The number of rotatable bonds is 6. The Bertz CT molecular complexity index is 694. The largest absolute Gasteiger partial charge is 0.348 e. The van der Waals surface area contributed by atoms with Gasteiger partial charge in [0.25, 0.3) is 0 Å². The molecule has 2 aromatic rings. The summed E-state index contributed by atoms with van der Waals surface area (Å²) < 4.78 is 1.91. The van der Waals surface area contributed by atoms with E-state index in [9.17, 15) is 4.79 Å². The van der Waals surface area contributed by atoms with Gasteiger partial charge in [0.2, 0.25) is 5.91 Å². The van der Waals surface area contributed by atoms with Crippen LogP contribution >= 0.6 is 0 Å². The zero-order valence-electron chi connectivity index (χ0n) is 14.5. The van der Waals surface area contributed by atoms with Crippen molar-refractivity contribution in [1.82, 2.24) is 20.4 Å². The highest BCUT2D eigenvalue weighted by Gasteiger charge is 2.21. The molecule has 3 rings (SSSR count). The van der Waals surface area contributed by atoms with Crippen molar-refractivity contribution >= 4 is 5.91 Å². The Morgan fingerprint density at radius 3 is 3.04 bits per heavy atom. The topological polar surface area (TPSA) is 59.0 Å². The average molecular weight is 326 g/mol. The Morgan fingerprint density at radius 2 is 2.25 bits per heavy atom. The van der Waals surface area contributed by atoms with Crippen LogP contribution in [0.4, 0.5) is 0 Å². The molecule has 0 saturated carbocycles. The number of amides is 1. The Hall–Kier alpha value is -2.14. The molecule has 0 saturated heterocycles. The number of fused-ring (bicyclic) bond motifs is 1. The molecular weight excluding hydrogens is 300 g/mol. The van der Waals surface area contributed by atoms with Gasteiger partial charge >= 0.3 is 0 Å². The summed E-state index contributed by atoms with van der Waals surface area (Å²) in [6.07, 6.45) is 7.12. The first-order chi connectivity index (χ1) is 11.6. The highest BCUT2D eigenvalue weighted by molar-refractivity contribution is 5.78. The predicted molar refractivity (Wildman–Crippen MR) is 94.7 cm³/mol. The number of benzene rings is 1. The van der Waals surface area contributed by atoms with Gasteiger partial charge < -0.3 is 10.6 Å². The van der Waals surface area contributed by atoms with Gasteiger partial charge in [0.15, 0.2) is 0 Å². The lowest BCUT2D eigenvalue weighted by Gasteiger charge is -2.26. The summed E-state index contributed by atoms with van der Waals surface area (Å²) in [5.41, 5.74) is 3.79. The van der Waals surface area contributed by atoms with Gasteiger partial charge in [0, 0.05) is 12.2 Å². The molecule has 1 aliphatic carbocycles. The normalized spacial score (nSPS) is 18.0. The predicted octanol–water partition coefficient (Wildman–Crippen LogP) is 2.36. The quantitative estimate of drug-likeness (QED) is 0.857. The first-order valence-electron chi connectivity index (χ1n) is 8.71. The monoisotopic (exact) mass is 326 g/mol. The molecule has 2 N–H and O–H groups in total. The fraction of sp³-hybridized carbons (Fsp3) is 0.474. The fourth-order valence-electron chi connectivity index (χ4n) is 3.33. The van der Waals surface area contributed by atoms with Crippen LogP contribution in [-0.4, -0.2) is 28.3 Å². The molecular formula is C19H26N4O. The van der Waals surface area contributed by atoms with E-state index >= 15 is 0 Å². The van der Waals surface area contributed by atoms with Crippen molar-refractivity contribution in [2.45, 2.75) is 51.7 Å².